The Hall–Kier alpha value is -1.88. The highest BCUT2D eigenvalue weighted by atomic mass is 32.2. The zero-order valence-electron chi connectivity index (χ0n) is 12.7. The second kappa shape index (κ2) is 5.48. The van der Waals surface area contributed by atoms with Gasteiger partial charge < -0.3 is 0 Å². The van der Waals surface area contributed by atoms with Crippen molar-refractivity contribution in [2.45, 2.75) is 44.2 Å². The quantitative estimate of drug-likeness (QED) is 0.794. The van der Waals surface area contributed by atoms with Crippen molar-refractivity contribution in [1.82, 2.24) is 20.2 Å². The molecule has 1 N–H and O–H groups in total. The van der Waals surface area contributed by atoms with Crippen LogP contribution in [-0.4, -0.2) is 20.2 Å². The lowest BCUT2D eigenvalue weighted by Crippen LogP contribution is -1.91. The molecule has 0 aliphatic heterocycles. The summed E-state index contributed by atoms with van der Waals surface area (Å²) >= 11 is 1.59. The Morgan fingerprint density at radius 3 is 2.62 bits per heavy atom. The minimum Gasteiger partial charge on any atom is -0.262 e. The predicted octanol–water partition coefficient (Wildman–Crippen LogP) is 3.99. The van der Waals surface area contributed by atoms with Crippen LogP contribution in [0.15, 0.2) is 28.3 Å². The molecule has 0 saturated heterocycles. The van der Waals surface area contributed by atoms with Gasteiger partial charge in [-0.15, -0.1) is 5.10 Å². The van der Waals surface area contributed by atoms with Gasteiger partial charge in [-0.1, -0.05) is 13.0 Å². The normalized spacial score (nSPS) is 11.2. The third kappa shape index (κ3) is 2.78. The van der Waals surface area contributed by atoms with E-state index >= 15 is 0 Å². The van der Waals surface area contributed by atoms with Crippen molar-refractivity contribution in [2.75, 3.05) is 0 Å². The molecule has 2 heterocycles. The Balaban J connectivity index is 2.12. The Labute approximate surface area is 128 Å². The summed E-state index contributed by atoms with van der Waals surface area (Å²) < 4.78 is 0. The molecule has 0 spiro atoms. The monoisotopic (exact) mass is 298 g/mol. The highest BCUT2D eigenvalue weighted by Gasteiger charge is 2.11. The van der Waals surface area contributed by atoms with E-state index in [1.54, 1.807) is 11.8 Å². The number of benzene rings is 1. The largest absolute Gasteiger partial charge is 0.262 e. The van der Waals surface area contributed by atoms with Crippen molar-refractivity contribution in [2.24, 2.45) is 0 Å². The number of hydrogen-bond donors (Lipinski definition) is 1. The molecule has 2 aromatic heterocycles. The molecule has 1 aromatic carbocycles. The predicted molar refractivity (Wildman–Crippen MR) is 85.8 cm³/mol. The van der Waals surface area contributed by atoms with Crippen molar-refractivity contribution in [3.05, 3.63) is 40.8 Å². The Morgan fingerprint density at radius 2 is 1.90 bits per heavy atom. The number of aryl methyl sites for hydroxylation is 4. The molecular formula is C16H18N4S. The van der Waals surface area contributed by atoms with Gasteiger partial charge in [0.25, 0.3) is 0 Å². The summed E-state index contributed by atoms with van der Waals surface area (Å²) in [7, 11) is 0. The third-order valence-electron chi connectivity index (χ3n) is 3.39. The first-order chi connectivity index (χ1) is 10.1. The Kier molecular flexibility index (Phi) is 3.68. The first-order valence-electron chi connectivity index (χ1n) is 7.04. The lowest BCUT2D eigenvalue weighted by atomic mass is 10.1. The first kappa shape index (κ1) is 14.1. The van der Waals surface area contributed by atoms with Gasteiger partial charge >= 0.3 is 0 Å². The molecule has 3 rings (SSSR count). The number of H-pyrrole nitrogens is 1. The molecule has 21 heavy (non-hydrogen) atoms. The average molecular weight is 298 g/mol. The summed E-state index contributed by atoms with van der Waals surface area (Å²) in [4.78, 5) is 10.3. The summed E-state index contributed by atoms with van der Waals surface area (Å²) in [5.74, 6) is 0.917. The van der Waals surface area contributed by atoms with Gasteiger partial charge in [-0.25, -0.2) is 4.98 Å². The third-order valence-corrected chi connectivity index (χ3v) is 4.30. The second-order valence-corrected chi connectivity index (χ2v) is 6.27. The van der Waals surface area contributed by atoms with Crippen LogP contribution in [0.1, 0.15) is 29.6 Å². The molecule has 0 radical (unpaired) electrons. The van der Waals surface area contributed by atoms with Gasteiger partial charge in [0, 0.05) is 22.4 Å². The fraction of sp³-hybridized carbons (Fsp3) is 0.312. The van der Waals surface area contributed by atoms with Crippen LogP contribution >= 0.6 is 11.8 Å². The van der Waals surface area contributed by atoms with E-state index in [0.717, 1.165) is 33.5 Å². The summed E-state index contributed by atoms with van der Waals surface area (Å²) in [6.07, 6.45) is 0.863. The number of nitrogens with zero attached hydrogens (tertiary/aromatic N) is 3. The molecule has 0 fully saturated rings. The van der Waals surface area contributed by atoms with Crippen molar-refractivity contribution >= 4 is 22.7 Å². The van der Waals surface area contributed by atoms with Crippen LogP contribution in [-0.2, 0) is 6.42 Å². The average Bonchev–Trinajstić information content (AvgIpc) is 2.84. The number of hydrogen-bond acceptors (Lipinski definition) is 4. The maximum atomic E-state index is 4.66. The van der Waals surface area contributed by atoms with Crippen LogP contribution < -0.4 is 0 Å². The van der Waals surface area contributed by atoms with Crippen molar-refractivity contribution in [3.8, 4) is 0 Å². The Morgan fingerprint density at radius 1 is 1.10 bits per heavy atom. The smallest absolute Gasteiger partial charge is 0.213 e. The highest BCUT2D eigenvalue weighted by molar-refractivity contribution is 7.99. The molecule has 0 saturated carbocycles. The van der Waals surface area contributed by atoms with Crippen LogP contribution in [0, 0.1) is 20.8 Å². The molecular weight excluding hydrogens is 280 g/mol. The van der Waals surface area contributed by atoms with Gasteiger partial charge in [0.2, 0.25) is 5.16 Å². The fourth-order valence-electron chi connectivity index (χ4n) is 2.50. The molecule has 0 aliphatic carbocycles. The molecule has 3 aromatic rings. The van der Waals surface area contributed by atoms with Crippen molar-refractivity contribution in [1.29, 1.82) is 0 Å². The second-order valence-electron chi connectivity index (χ2n) is 5.26. The van der Waals surface area contributed by atoms with E-state index in [1.807, 2.05) is 6.92 Å². The van der Waals surface area contributed by atoms with E-state index in [0.29, 0.717) is 0 Å². The van der Waals surface area contributed by atoms with Gasteiger partial charge in [-0.05, 0) is 55.8 Å². The van der Waals surface area contributed by atoms with Gasteiger partial charge in [0.05, 0.1) is 5.52 Å². The number of nitrogens with one attached hydrogen (secondary N) is 1. The number of aromatic amines is 1. The molecule has 4 nitrogen and oxygen atoms in total. The minimum atomic E-state index is 0.763. The van der Waals surface area contributed by atoms with Gasteiger partial charge in [0.15, 0.2) is 0 Å². The number of pyridine rings is 1. The van der Waals surface area contributed by atoms with Crippen LogP contribution in [0.25, 0.3) is 10.9 Å². The maximum absolute atomic E-state index is 4.66. The van der Waals surface area contributed by atoms with E-state index in [9.17, 15) is 0 Å². The van der Waals surface area contributed by atoms with E-state index in [1.165, 1.54) is 16.5 Å². The maximum Gasteiger partial charge on any atom is 0.213 e. The van der Waals surface area contributed by atoms with Gasteiger partial charge in [-0.2, -0.15) is 0 Å². The van der Waals surface area contributed by atoms with Gasteiger partial charge in [0.1, 0.15) is 5.82 Å². The molecule has 0 unspecified atom stereocenters. The van der Waals surface area contributed by atoms with Gasteiger partial charge in [-0.3, -0.25) is 10.1 Å². The number of rotatable bonds is 3. The van der Waals surface area contributed by atoms with Crippen molar-refractivity contribution in [3.63, 3.8) is 0 Å². The van der Waals surface area contributed by atoms with Crippen LogP contribution in [0.5, 0.6) is 0 Å². The molecule has 0 bridgehead atoms. The molecule has 0 atom stereocenters. The number of aromatic nitrogens is 4. The van der Waals surface area contributed by atoms with E-state index in [4.69, 9.17) is 0 Å². The first-order valence-corrected chi connectivity index (χ1v) is 7.86. The summed E-state index contributed by atoms with van der Waals surface area (Å²) in [5.41, 5.74) is 4.54. The molecule has 5 heteroatoms. The van der Waals surface area contributed by atoms with Crippen molar-refractivity contribution < 1.29 is 0 Å². The summed E-state index contributed by atoms with van der Waals surface area (Å²) in [5, 5.41) is 9.19. The lowest BCUT2D eigenvalue weighted by Gasteiger charge is -2.09. The minimum absolute atomic E-state index is 0.763. The fourth-order valence-corrected chi connectivity index (χ4v) is 3.54. The molecule has 0 aliphatic rings. The van der Waals surface area contributed by atoms with E-state index < -0.39 is 0 Å². The highest BCUT2D eigenvalue weighted by Crippen LogP contribution is 2.34. The SMILES string of the molecule is CCc1nc(Sc2cc(C)nc3cc(C)cc(C)c23)n[nH]1. The summed E-state index contributed by atoms with van der Waals surface area (Å²) in [6.45, 7) is 8.32. The van der Waals surface area contributed by atoms with Crippen LogP contribution in [0.3, 0.4) is 0 Å². The zero-order valence-corrected chi connectivity index (χ0v) is 13.5. The van der Waals surface area contributed by atoms with Crippen LogP contribution in [0.2, 0.25) is 0 Å². The van der Waals surface area contributed by atoms with E-state index in [2.05, 4.69) is 59.1 Å². The van der Waals surface area contributed by atoms with Crippen LogP contribution in [0.4, 0.5) is 0 Å². The topological polar surface area (TPSA) is 54.5 Å². The molecule has 108 valence electrons. The standard InChI is InChI=1S/C16H18N4S/c1-5-14-18-16(20-19-14)21-13-8-11(4)17-12-7-9(2)6-10(3)15(12)13/h6-8H,5H2,1-4H3,(H,18,19,20). The lowest BCUT2D eigenvalue weighted by molar-refractivity contribution is 0.941. The zero-order chi connectivity index (χ0) is 15.0. The van der Waals surface area contributed by atoms with E-state index in [-0.39, 0.29) is 0 Å². The Bertz CT molecular complexity index is 802. The number of fused-ring (bicyclic) bond motifs is 1. The summed E-state index contributed by atoms with van der Waals surface area (Å²) in [6, 6.07) is 6.44. The molecule has 0 amide bonds.